The molecule has 0 spiro atoms. The highest BCUT2D eigenvalue weighted by Crippen LogP contribution is 2.16. The van der Waals surface area contributed by atoms with Crippen LogP contribution < -0.4 is 11.1 Å². The van der Waals surface area contributed by atoms with Crippen molar-refractivity contribution in [3.8, 4) is 0 Å². The Bertz CT molecular complexity index is 415. The molecular formula is C12H19N3O2S. The number of rotatable bonds is 7. The van der Waals surface area contributed by atoms with Gasteiger partial charge in [-0.15, -0.1) is 11.3 Å². The van der Waals surface area contributed by atoms with Gasteiger partial charge in [0.25, 0.3) is 5.91 Å². The summed E-state index contributed by atoms with van der Waals surface area (Å²) in [6.45, 7) is 2.65. The fourth-order valence-corrected chi connectivity index (χ4v) is 2.49. The van der Waals surface area contributed by atoms with Crippen LogP contribution in [0.1, 0.15) is 41.4 Å². The molecule has 1 rings (SSSR count). The van der Waals surface area contributed by atoms with Crippen molar-refractivity contribution < 1.29 is 10.0 Å². The lowest BCUT2D eigenvalue weighted by Gasteiger charge is -2.05. The topological polar surface area (TPSA) is 87.7 Å². The molecule has 4 N–H and O–H groups in total. The fraction of sp³-hybridized carbons (Fsp3) is 0.500. The number of hydrogen-bond donors (Lipinski definition) is 3. The molecule has 0 aromatic carbocycles. The summed E-state index contributed by atoms with van der Waals surface area (Å²) in [5, 5.41) is 16.1. The predicted octanol–water partition coefficient (Wildman–Crippen LogP) is 1.96. The smallest absolute Gasteiger partial charge is 0.261 e. The minimum Gasteiger partial charge on any atom is -0.409 e. The van der Waals surface area contributed by atoms with Crippen molar-refractivity contribution in [2.45, 2.75) is 32.6 Å². The van der Waals surface area contributed by atoms with E-state index in [1.807, 2.05) is 18.4 Å². The molecule has 1 amide bonds. The molecule has 100 valence electrons. The van der Waals surface area contributed by atoms with Crippen molar-refractivity contribution in [3.63, 3.8) is 0 Å². The summed E-state index contributed by atoms with van der Waals surface area (Å²) in [5.74, 6) is 0.221. The van der Waals surface area contributed by atoms with E-state index >= 15 is 0 Å². The number of amides is 1. The molecule has 0 aliphatic heterocycles. The number of aryl methyl sites for hydroxylation is 1. The molecule has 5 nitrogen and oxygen atoms in total. The third-order valence-corrected chi connectivity index (χ3v) is 3.56. The third kappa shape index (κ3) is 4.37. The van der Waals surface area contributed by atoms with Crippen LogP contribution >= 0.6 is 11.3 Å². The van der Waals surface area contributed by atoms with Crippen LogP contribution in [0.5, 0.6) is 0 Å². The molecule has 0 unspecified atom stereocenters. The Morgan fingerprint density at radius 3 is 3.00 bits per heavy atom. The minimum absolute atomic E-state index is 0.00866. The van der Waals surface area contributed by atoms with Gasteiger partial charge in [-0.3, -0.25) is 4.79 Å². The van der Waals surface area contributed by atoms with Crippen LogP contribution in [0.4, 0.5) is 0 Å². The Kier molecular flexibility index (Phi) is 6.21. The van der Waals surface area contributed by atoms with Gasteiger partial charge in [-0.1, -0.05) is 12.1 Å². The summed E-state index contributed by atoms with van der Waals surface area (Å²) >= 11 is 1.47. The van der Waals surface area contributed by atoms with Gasteiger partial charge in [0.1, 0.15) is 5.84 Å². The first-order valence-corrected chi connectivity index (χ1v) is 6.88. The Morgan fingerprint density at radius 1 is 1.56 bits per heavy atom. The zero-order chi connectivity index (χ0) is 13.4. The molecule has 1 aromatic rings. The highest BCUT2D eigenvalue weighted by atomic mass is 32.1. The second-order valence-electron chi connectivity index (χ2n) is 3.93. The Labute approximate surface area is 111 Å². The summed E-state index contributed by atoms with van der Waals surface area (Å²) in [6, 6.07) is 1.98. The number of nitrogens with zero attached hydrogens (tertiary/aromatic N) is 1. The molecular weight excluding hydrogens is 250 g/mol. The van der Waals surface area contributed by atoms with Crippen molar-refractivity contribution in [1.29, 1.82) is 0 Å². The van der Waals surface area contributed by atoms with Crippen LogP contribution in [0.3, 0.4) is 0 Å². The first-order valence-electron chi connectivity index (χ1n) is 6.00. The van der Waals surface area contributed by atoms with Crippen molar-refractivity contribution >= 4 is 23.1 Å². The normalized spacial score (nSPS) is 11.5. The molecule has 1 aromatic heterocycles. The Morgan fingerprint density at radius 2 is 2.33 bits per heavy atom. The highest BCUT2D eigenvalue weighted by Gasteiger charge is 2.10. The molecule has 0 aliphatic carbocycles. The second kappa shape index (κ2) is 7.71. The standard InChI is InChI=1S/C12H19N3O2S/c1-2-9-6-8-18-11(9)12(16)14-7-4-3-5-10(13)15-17/h6,8,17H,2-5,7H2,1H3,(H2,13,15)(H,14,16). The van der Waals surface area contributed by atoms with E-state index in [0.29, 0.717) is 13.0 Å². The van der Waals surface area contributed by atoms with E-state index in [9.17, 15) is 4.79 Å². The number of nitrogens with two attached hydrogens (primary N) is 1. The van der Waals surface area contributed by atoms with E-state index in [4.69, 9.17) is 10.9 Å². The molecule has 0 bridgehead atoms. The molecule has 0 saturated heterocycles. The Balaban J connectivity index is 2.26. The molecule has 0 fully saturated rings. The van der Waals surface area contributed by atoms with Crippen LogP contribution in [-0.4, -0.2) is 23.5 Å². The molecule has 0 atom stereocenters. The maximum absolute atomic E-state index is 11.8. The average molecular weight is 269 g/mol. The van der Waals surface area contributed by atoms with Crippen LogP contribution in [0.2, 0.25) is 0 Å². The zero-order valence-electron chi connectivity index (χ0n) is 10.5. The number of oxime groups is 1. The molecule has 18 heavy (non-hydrogen) atoms. The van der Waals surface area contributed by atoms with E-state index in [1.165, 1.54) is 11.3 Å². The average Bonchev–Trinajstić information content (AvgIpc) is 2.86. The van der Waals surface area contributed by atoms with Gasteiger partial charge < -0.3 is 16.3 Å². The zero-order valence-corrected chi connectivity index (χ0v) is 11.3. The summed E-state index contributed by atoms with van der Waals surface area (Å²) in [6.07, 6.45) is 3.03. The molecule has 1 heterocycles. The van der Waals surface area contributed by atoms with E-state index < -0.39 is 0 Å². The van der Waals surface area contributed by atoms with Gasteiger partial charge in [0.05, 0.1) is 4.88 Å². The maximum Gasteiger partial charge on any atom is 0.261 e. The lowest BCUT2D eigenvalue weighted by atomic mass is 10.2. The van der Waals surface area contributed by atoms with Crippen molar-refractivity contribution in [2.75, 3.05) is 6.54 Å². The van der Waals surface area contributed by atoms with Gasteiger partial charge in [0, 0.05) is 13.0 Å². The first-order chi connectivity index (χ1) is 8.69. The SMILES string of the molecule is CCc1ccsc1C(=O)NCCCCC(N)=NO. The summed E-state index contributed by atoms with van der Waals surface area (Å²) < 4.78 is 0. The predicted molar refractivity (Wildman–Crippen MR) is 73.3 cm³/mol. The van der Waals surface area contributed by atoms with Crippen LogP contribution in [0.15, 0.2) is 16.6 Å². The molecule has 0 aliphatic rings. The first kappa shape index (κ1) is 14.5. The van der Waals surface area contributed by atoms with Gasteiger partial charge in [0.15, 0.2) is 0 Å². The molecule has 6 heteroatoms. The summed E-state index contributed by atoms with van der Waals surface area (Å²) in [4.78, 5) is 12.6. The Hall–Kier alpha value is -1.56. The van der Waals surface area contributed by atoms with E-state index in [-0.39, 0.29) is 11.7 Å². The largest absolute Gasteiger partial charge is 0.409 e. The number of thiophene rings is 1. The van der Waals surface area contributed by atoms with Gasteiger partial charge in [-0.05, 0) is 36.3 Å². The highest BCUT2D eigenvalue weighted by molar-refractivity contribution is 7.12. The number of amidine groups is 1. The summed E-state index contributed by atoms with van der Waals surface area (Å²) in [7, 11) is 0. The van der Waals surface area contributed by atoms with Crippen LogP contribution in [-0.2, 0) is 6.42 Å². The second-order valence-corrected chi connectivity index (χ2v) is 4.85. The van der Waals surface area contributed by atoms with Gasteiger partial charge in [-0.25, -0.2) is 0 Å². The number of unbranched alkanes of at least 4 members (excludes halogenated alkanes) is 1. The third-order valence-electron chi connectivity index (χ3n) is 2.61. The minimum atomic E-state index is -0.00866. The number of hydrogen-bond acceptors (Lipinski definition) is 4. The van der Waals surface area contributed by atoms with Crippen molar-refractivity contribution in [2.24, 2.45) is 10.9 Å². The monoisotopic (exact) mass is 269 g/mol. The van der Waals surface area contributed by atoms with Gasteiger partial charge >= 0.3 is 0 Å². The van der Waals surface area contributed by atoms with Crippen molar-refractivity contribution in [1.82, 2.24) is 5.32 Å². The number of carbonyl (C=O) groups is 1. The summed E-state index contributed by atoms with van der Waals surface area (Å²) in [5.41, 5.74) is 6.44. The molecule has 0 saturated carbocycles. The number of nitrogens with one attached hydrogen (secondary N) is 1. The van der Waals surface area contributed by atoms with E-state index in [0.717, 1.165) is 29.7 Å². The van der Waals surface area contributed by atoms with Gasteiger partial charge in [0.2, 0.25) is 0 Å². The maximum atomic E-state index is 11.8. The number of carbonyl (C=O) groups excluding carboxylic acids is 1. The van der Waals surface area contributed by atoms with E-state index in [2.05, 4.69) is 10.5 Å². The lowest BCUT2D eigenvalue weighted by molar-refractivity contribution is 0.0956. The lowest BCUT2D eigenvalue weighted by Crippen LogP contribution is -2.24. The quantitative estimate of drug-likeness (QED) is 0.232. The van der Waals surface area contributed by atoms with Crippen molar-refractivity contribution in [3.05, 3.63) is 21.9 Å². The van der Waals surface area contributed by atoms with Crippen LogP contribution in [0, 0.1) is 0 Å². The van der Waals surface area contributed by atoms with Gasteiger partial charge in [-0.2, -0.15) is 0 Å². The molecule has 0 radical (unpaired) electrons. The van der Waals surface area contributed by atoms with Crippen LogP contribution in [0.25, 0.3) is 0 Å². The fourth-order valence-electron chi connectivity index (χ4n) is 1.58. The van der Waals surface area contributed by atoms with E-state index in [1.54, 1.807) is 0 Å².